The summed E-state index contributed by atoms with van der Waals surface area (Å²) < 4.78 is 5.48. The summed E-state index contributed by atoms with van der Waals surface area (Å²) in [4.78, 5) is 35.9. The molecule has 0 spiro atoms. The largest absolute Gasteiger partial charge is 0.466 e. The number of hydrogen-bond donors (Lipinski definition) is 1. The zero-order valence-corrected chi connectivity index (χ0v) is 18.8. The second kappa shape index (κ2) is 9.57. The van der Waals surface area contributed by atoms with Crippen molar-refractivity contribution < 1.29 is 14.3 Å². The van der Waals surface area contributed by atoms with Crippen LogP contribution in [0, 0.1) is 5.41 Å². The first-order valence-corrected chi connectivity index (χ1v) is 11.2. The molecule has 1 aliphatic rings. The number of halogens is 1. The van der Waals surface area contributed by atoms with E-state index in [4.69, 9.17) is 16.3 Å². The molecular formula is C25H26ClN3O3. The molecule has 0 bridgehead atoms. The van der Waals surface area contributed by atoms with Gasteiger partial charge in [-0.3, -0.25) is 9.59 Å². The average Bonchev–Trinajstić information content (AvgIpc) is 3.34. The number of hydrogen-bond acceptors (Lipinski definition) is 4. The van der Waals surface area contributed by atoms with E-state index in [9.17, 15) is 9.59 Å². The van der Waals surface area contributed by atoms with Crippen LogP contribution in [-0.2, 0) is 16.0 Å². The average molecular weight is 452 g/mol. The van der Waals surface area contributed by atoms with Gasteiger partial charge in [0.1, 0.15) is 5.82 Å². The van der Waals surface area contributed by atoms with Gasteiger partial charge in [-0.2, -0.15) is 0 Å². The van der Waals surface area contributed by atoms with Crippen LogP contribution in [0.5, 0.6) is 0 Å². The Bertz CT molecular complexity index is 1100. The lowest BCUT2D eigenvalue weighted by Crippen LogP contribution is -2.51. The van der Waals surface area contributed by atoms with Crippen molar-refractivity contribution in [3.8, 4) is 11.4 Å². The van der Waals surface area contributed by atoms with E-state index in [1.54, 1.807) is 30.3 Å². The van der Waals surface area contributed by atoms with Crippen molar-refractivity contribution >= 4 is 23.5 Å². The maximum Gasteiger partial charge on any atom is 0.314 e. The Morgan fingerprint density at radius 1 is 1.22 bits per heavy atom. The number of piperidine rings is 1. The zero-order chi connectivity index (χ0) is 22.6. The molecule has 0 aliphatic carbocycles. The number of nitrogens with one attached hydrogen (secondary N) is 1. The maximum absolute atomic E-state index is 13.6. The van der Waals surface area contributed by atoms with E-state index in [-0.39, 0.29) is 11.9 Å². The standard InChI is InChI=1S/C25H26ClN3O3/c1-2-32-24(31)25(16-18-7-5-8-19(26)15-18)11-6-14-29(17-25)23(30)21-10-4-3-9-20(21)22-27-12-13-28-22/h3-5,7-10,12-13,15H,2,6,11,14,16-17H2,1H3,(H,27,28). The second-order valence-corrected chi connectivity index (χ2v) is 8.56. The minimum Gasteiger partial charge on any atom is -0.466 e. The SMILES string of the molecule is CCOC(=O)C1(Cc2cccc(Cl)c2)CCCN(C(=O)c2ccccc2-c2ncc[nH]2)C1. The molecule has 2 heterocycles. The van der Waals surface area contributed by atoms with Gasteiger partial charge in [-0.1, -0.05) is 41.9 Å². The molecule has 0 saturated carbocycles. The first-order chi connectivity index (χ1) is 15.5. The first kappa shape index (κ1) is 22.1. The summed E-state index contributed by atoms with van der Waals surface area (Å²) >= 11 is 6.18. The van der Waals surface area contributed by atoms with Gasteiger partial charge in [0.05, 0.1) is 17.6 Å². The molecule has 1 N–H and O–H groups in total. The number of carbonyl (C=O) groups is 2. The summed E-state index contributed by atoms with van der Waals surface area (Å²) in [5.41, 5.74) is 1.44. The van der Waals surface area contributed by atoms with Crippen LogP contribution in [0.15, 0.2) is 60.9 Å². The van der Waals surface area contributed by atoms with E-state index in [1.807, 2.05) is 42.5 Å². The second-order valence-electron chi connectivity index (χ2n) is 8.12. The molecule has 4 rings (SSSR count). The molecule has 1 aliphatic heterocycles. The van der Waals surface area contributed by atoms with Gasteiger partial charge < -0.3 is 14.6 Å². The molecule has 1 saturated heterocycles. The number of rotatable bonds is 6. The molecule has 1 fully saturated rings. The van der Waals surface area contributed by atoms with Crippen LogP contribution in [0.1, 0.15) is 35.7 Å². The van der Waals surface area contributed by atoms with Crippen LogP contribution >= 0.6 is 11.6 Å². The topological polar surface area (TPSA) is 75.3 Å². The number of imidazole rings is 1. The van der Waals surface area contributed by atoms with Crippen LogP contribution in [0.4, 0.5) is 0 Å². The normalized spacial score (nSPS) is 18.4. The van der Waals surface area contributed by atoms with Gasteiger partial charge in [0.15, 0.2) is 0 Å². The van der Waals surface area contributed by atoms with Crippen molar-refractivity contribution in [1.82, 2.24) is 14.9 Å². The predicted octanol–water partition coefficient (Wildman–Crippen LogP) is 4.76. The number of H-pyrrole nitrogens is 1. The third-order valence-electron chi connectivity index (χ3n) is 5.91. The van der Waals surface area contributed by atoms with Gasteiger partial charge >= 0.3 is 5.97 Å². The molecule has 3 aromatic rings. The highest BCUT2D eigenvalue weighted by atomic mass is 35.5. The van der Waals surface area contributed by atoms with Crippen LogP contribution in [-0.4, -0.2) is 46.4 Å². The molecule has 1 unspecified atom stereocenters. The van der Waals surface area contributed by atoms with Crippen LogP contribution in [0.3, 0.4) is 0 Å². The van der Waals surface area contributed by atoms with Crippen LogP contribution in [0.2, 0.25) is 5.02 Å². The Balaban J connectivity index is 1.65. The number of amides is 1. The summed E-state index contributed by atoms with van der Waals surface area (Å²) in [5, 5.41) is 0.623. The number of carbonyl (C=O) groups excluding carboxylic acids is 2. The molecule has 166 valence electrons. The Kier molecular flexibility index (Phi) is 6.61. The maximum atomic E-state index is 13.6. The number of nitrogens with zero attached hydrogens (tertiary/aromatic N) is 2. The first-order valence-electron chi connectivity index (χ1n) is 10.8. The van der Waals surface area contributed by atoms with Crippen LogP contribution < -0.4 is 0 Å². The number of likely N-dealkylation sites (tertiary alicyclic amines) is 1. The summed E-state index contributed by atoms with van der Waals surface area (Å²) in [6.07, 6.45) is 5.23. The lowest BCUT2D eigenvalue weighted by atomic mass is 9.75. The molecule has 1 aromatic heterocycles. The fraction of sp³-hybridized carbons (Fsp3) is 0.320. The lowest BCUT2D eigenvalue weighted by Gasteiger charge is -2.41. The van der Waals surface area contributed by atoms with Gasteiger partial charge in [0.2, 0.25) is 0 Å². The monoisotopic (exact) mass is 451 g/mol. The molecule has 2 aromatic carbocycles. The van der Waals surface area contributed by atoms with Crippen molar-refractivity contribution in [2.45, 2.75) is 26.2 Å². The highest BCUT2D eigenvalue weighted by Crippen LogP contribution is 2.37. The minimum absolute atomic E-state index is 0.114. The van der Waals surface area contributed by atoms with Gasteiger partial charge in [-0.15, -0.1) is 0 Å². The summed E-state index contributed by atoms with van der Waals surface area (Å²) in [6, 6.07) is 14.9. The Morgan fingerprint density at radius 2 is 2.06 bits per heavy atom. The summed E-state index contributed by atoms with van der Waals surface area (Å²) in [6.45, 7) is 2.98. The minimum atomic E-state index is -0.811. The number of benzene rings is 2. The molecule has 7 heteroatoms. The Labute approximate surface area is 192 Å². The fourth-order valence-electron chi connectivity index (χ4n) is 4.47. The van der Waals surface area contributed by atoms with Crippen molar-refractivity contribution in [2.24, 2.45) is 5.41 Å². The summed E-state index contributed by atoms with van der Waals surface area (Å²) in [7, 11) is 0. The number of esters is 1. The molecule has 0 radical (unpaired) electrons. The van der Waals surface area contributed by atoms with E-state index >= 15 is 0 Å². The van der Waals surface area contributed by atoms with Gasteiger partial charge in [-0.05, 0) is 49.9 Å². The summed E-state index contributed by atoms with van der Waals surface area (Å²) in [5.74, 6) is 0.259. The van der Waals surface area contributed by atoms with Gasteiger partial charge in [0, 0.05) is 36.1 Å². The molecule has 6 nitrogen and oxygen atoms in total. The van der Waals surface area contributed by atoms with E-state index in [1.165, 1.54) is 0 Å². The van der Waals surface area contributed by atoms with Crippen molar-refractivity contribution in [3.05, 3.63) is 77.1 Å². The lowest BCUT2D eigenvalue weighted by molar-refractivity contribution is -0.158. The van der Waals surface area contributed by atoms with E-state index in [0.29, 0.717) is 55.4 Å². The van der Waals surface area contributed by atoms with E-state index in [2.05, 4.69) is 9.97 Å². The molecule has 32 heavy (non-hydrogen) atoms. The van der Waals surface area contributed by atoms with Gasteiger partial charge in [0.25, 0.3) is 5.91 Å². The predicted molar refractivity (Wildman–Crippen MR) is 123 cm³/mol. The van der Waals surface area contributed by atoms with Crippen molar-refractivity contribution in [3.63, 3.8) is 0 Å². The smallest absolute Gasteiger partial charge is 0.314 e. The van der Waals surface area contributed by atoms with E-state index in [0.717, 1.165) is 11.1 Å². The third-order valence-corrected chi connectivity index (χ3v) is 6.15. The Morgan fingerprint density at radius 3 is 2.81 bits per heavy atom. The van der Waals surface area contributed by atoms with Gasteiger partial charge in [-0.25, -0.2) is 4.98 Å². The van der Waals surface area contributed by atoms with Crippen molar-refractivity contribution in [2.75, 3.05) is 19.7 Å². The van der Waals surface area contributed by atoms with Crippen LogP contribution in [0.25, 0.3) is 11.4 Å². The number of aromatic amines is 1. The number of aromatic nitrogens is 2. The fourth-order valence-corrected chi connectivity index (χ4v) is 4.68. The van der Waals surface area contributed by atoms with Crippen molar-refractivity contribution in [1.29, 1.82) is 0 Å². The highest BCUT2D eigenvalue weighted by Gasteiger charge is 2.45. The highest BCUT2D eigenvalue weighted by molar-refractivity contribution is 6.30. The third kappa shape index (κ3) is 4.55. The molecule has 1 amide bonds. The zero-order valence-electron chi connectivity index (χ0n) is 18.0. The Hall–Kier alpha value is -3.12. The number of ether oxygens (including phenoxy) is 1. The quantitative estimate of drug-likeness (QED) is 0.548. The van der Waals surface area contributed by atoms with E-state index < -0.39 is 5.41 Å². The molecule has 1 atom stereocenters. The molecular weight excluding hydrogens is 426 g/mol.